The van der Waals surface area contributed by atoms with Crippen molar-refractivity contribution in [2.45, 2.75) is 43.8 Å². The highest BCUT2D eigenvalue weighted by Gasteiger charge is 2.22. The standard InChI is InChI=1S/C24H24N4O2S2/c1-3-20(22(29)26-14-17-9-7-16(2)8-10-17)32-24-27-19-11-13-31-21(19)23(30)28(24)15-18-6-4-5-12-25-18/h4-13,20H,3,14-15H2,1-2H3,(H,26,29). The van der Waals surface area contributed by atoms with Crippen LogP contribution in [0.3, 0.4) is 0 Å². The lowest BCUT2D eigenvalue weighted by Crippen LogP contribution is -2.33. The molecule has 8 heteroatoms. The number of carbonyl (C=O) groups excluding carboxylic acids is 1. The van der Waals surface area contributed by atoms with Gasteiger partial charge in [-0.1, -0.05) is 54.6 Å². The van der Waals surface area contributed by atoms with Gasteiger partial charge in [0.05, 0.1) is 23.0 Å². The largest absolute Gasteiger partial charge is 0.351 e. The molecule has 4 rings (SSSR count). The van der Waals surface area contributed by atoms with Crippen LogP contribution < -0.4 is 10.9 Å². The maximum Gasteiger partial charge on any atom is 0.272 e. The van der Waals surface area contributed by atoms with Gasteiger partial charge in [-0.25, -0.2) is 4.98 Å². The van der Waals surface area contributed by atoms with Gasteiger partial charge in [0, 0.05) is 12.7 Å². The normalized spacial score (nSPS) is 12.1. The number of nitrogens with one attached hydrogen (secondary N) is 1. The van der Waals surface area contributed by atoms with Crippen molar-refractivity contribution in [3.05, 3.63) is 87.3 Å². The highest BCUT2D eigenvalue weighted by atomic mass is 32.2. The molecular formula is C24H24N4O2S2. The van der Waals surface area contributed by atoms with Crippen molar-refractivity contribution in [3.63, 3.8) is 0 Å². The predicted octanol–water partition coefficient (Wildman–Crippen LogP) is 4.40. The van der Waals surface area contributed by atoms with Crippen LogP contribution in [0.25, 0.3) is 10.2 Å². The van der Waals surface area contributed by atoms with Crippen LogP contribution >= 0.6 is 23.1 Å². The first kappa shape index (κ1) is 22.2. The van der Waals surface area contributed by atoms with E-state index in [1.165, 1.54) is 28.7 Å². The summed E-state index contributed by atoms with van der Waals surface area (Å²) in [5, 5.41) is 5.05. The van der Waals surface area contributed by atoms with Gasteiger partial charge in [-0.3, -0.25) is 19.1 Å². The molecule has 0 aliphatic heterocycles. The second-order valence-electron chi connectivity index (χ2n) is 7.46. The predicted molar refractivity (Wildman–Crippen MR) is 130 cm³/mol. The molecule has 0 aliphatic carbocycles. The molecule has 1 amide bonds. The molecule has 0 spiro atoms. The van der Waals surface area contributed by atoms with Crippen LogP contribution in [0.2, 0.25) is 0 Å². The van der Waals surface area contributed by atoms with Gasteiger partial charge in [-0.05, 0) is 42.5 Å². The Bertz CT molecular complexity index is 1270. The maximum atomic E-state index is 13.2. The fourth-order valence-electron chi connectivity index (χ4n) is 3.26. The summed E-state index contributed by atoms with van der Waals surface area (Å²) in [5.41, 5.74) is 3.56. The lowest BCUT2D eigenvalue weighted by atomic mass is 10.1. The number of hydrogen-bond acceptors (Lipinski definition) is 6. The summed E-state index contributed by atoms with van der Waals surface area (Å²) in [4.78, 5) is 35.2. The van der Waals surface area contributed by atoms with Crippen molar-refractivity contribution in [2.24, 2.45) is 0 Å². The quantitative estimate of drug-likeness (QED) is 0.309. The molecule has 3 heterocycles. The van der Waals surface area contributed by atoms with Gasteiger partial charge in [0.15, 0.2) is 5.16 Å². The first-order valence-corrected chi connectivity index (χ1v) is 12.2. The lowest BCUT2D eigenvalue weighted by molar-refractivity contribution is -0.120. The van der Waals surface area contributed by atoms with Gasteiger partial charge in [-0.15, -0.1) is 11.3 Å². The first-order valence-electron chi connectivity index (χ1n) is 10.4. The van der Waals surface area contributed by atoms with Gasteiger partial charge in [0.1, 0.15) is 4.70 Å². The minimum Gasteiger partial charge on any atom is -0.351 e. The summed E-state index contributed by atoms with van der Waals surface area (Å²) in [6, 6.07) is 15.5. The fourth-order valence-corrected chi connectivity index (χ4v) is 5.08. The number of thioether (sulfide) groups is 1. The lowest BCUT2D eigenvalue weighted by Gasteiger charge is -2.17. The minimum atomic E-state index is -0.363. The Labute approximate surface area is 194 Å². The summed E-state index contributed by atoms with van der Waals surface area (Å²) in [7, 11) is 0. The molecule has 3 aromatic heterocycles. The van der Waals surface area contributed by atoms with Gasteiger partial charge in [-0.2, -0.15) is 0 Å². The van der Waals surface area contributed by atoms with Crippen LogP contribution in [0.4, 0.5) is 0 Å². The zero-order valence-corrected chi connectivity index (χ0v) is 19.6. The van der Waals surface area contributed by atoms with Gasteiger partial charge >= 0.3 is 0 Å². The number of rotatable bonds is 8. The molecule has 164 valence electrons. The number of carbonyl (C=O) groups is 1. The highest BCUT2D eigenvalue weighted by Crippen LogP contribution is 2.26. The van der Waals surface area contributed by atoms with Crippen LogP contribution in [-0.4, -0.2) is 25.7 Å². The average Bonchev–Trinajstić information content (AvgIpc) is 3.28. The van der Waals surface area contributed by atoms with Gasteiger partial charge < -0.3 is 5.32 Å². The first-order chi connectivity index (χ1) is 15.5. The van der Waals surface area contributed by atoms with Crippen molar-refractivity contribution >= 4 is 39.2 Å². The molecule has 0 fully saturated rings. The topological polar surface area (TPSA) is 76.9 Å². The molecule has 0 radical (unpaired) electrons. The molecule has 0 saturated carbocycles. The highest BCUT2D eigenvalue weighted by molar-refractivity contribution is 8.00. The summed E-state index contributed by atoms with van der Waals surface area (Å²) < 4.78 is 2.24. The van der Waals surface area contributed by atoms with Crippen LogP contribution in [-0.2, 0) is 17.9 Å². The van der Waals surface area contributed by atoms with Crippen molar-refractivity contribution < 1.29 is 4.79 Å². The van der Waals surface area contributed by atoms with Crippen molar-refractivity contribution in [2.75, 3.05) is 0 Å². The maximum absolute atomic E-state index is 13.2. The van der Waals surface area contributed by atoms with E-state index < -0.39 is 0 Å². The zero-order chi connectivity index (χ0) is 22.5. The summed E-state index contributed by atoms with van der Waals surface area (Å²) in [6.07, 6.45) is 2.32. The van der Waals surface area contributed by atoms with Crippen LogP contribution in [0.15, 0.2) is 70.1 Å². The number of amides is 1. The molecular weight excluding hydrogens is 440 g/mol. The number of thiophene rings is 1. The third-order valence-electron chi connectivity index (χ3n) is 5.08. The van der Waals surface area contributed by atoms with E-state index in [1.807, 2.05) is 67.8 Å². The van der Waals surface area contributed by atoms with Crippen molar-refractivity contribution in [1.29, 1.82) is 0 Å². The monoisotopic (exact) mass is 464 g/mol. The Balaban J connectivity index is 1.58. The van der Waals surface area contributed by atoms with E-state index in [4.69, 9.17) is 4.98 Å². The number of aromatic nitrogens is 3. The number of hydrogen-bond donors (Lipinski definition) is 1. The van der Waals surface area contributed by atoms with E-state index in [-0.39, 0.29) is 16.7 Å². The summed E-state index contributed by atoms with van der Waals surface area (Å²) >= 11 is 2.71. The number of fused-ring (bicyclic) bond motifs is 1. The molecule has 32 heavy (non-hydrogen) atoms. The second-order valence-corrected chi connectivity index (χ2v) is 9.55. The minimum absolute atomic E-state index is 0.0675. The average molecular weight is 465 g/mol. The second kappa shape index (κ2) is 10.1. The third-order valence-corrected chi connectivity index (χ3v) is 7.32. The molecule has 4 aromatic rings. The van der Waals surface area contributed by atoms with Crippen molar-refractivity contribution in [3.8, 4) is 0 Å². The van der Waals surface area contributed by atoms with Crippen LogP contribution in [0.5, 0.6) is 0 Å². The summed E-state index contributed by atoms with van der Waals surface area (Å²) in [6.45, 7) is 4.78. The van der Waals surface area contributed by atoms with Crippen LogP contribution in [0.1, 0.15) is 30.2 Å². The molecule has 0 saturated heterocycles. The SMILES string of the molecule is CCC(Sc1nc2ccsc2c(=O)n1Cc1ccccn1)C(=O)NCc1ccc(C)cc1. The molecule has 6 nitrogen and oxygen atoms in total. The summed E-state index contributed by atoms with van der Waals surface area (Å²) in [5.74, 6) is -0.0675. The molecule has 1 N–H and O–H groups in total. The molecule has 1 unspecified atom stereocenters. The van der Waals surface area contributed by atoms with Gasteiger partial charge in [0.2, 0.25) is 5.91 Å². The number of aryl methyl sites for hydroxylation is 1. The molecule has 0 bridgehead atoms. The molecule has 0 aliphatic rings. The third kappa shape index (κ3) is 5.08. The van der Waals surface area contributed by atoms with Gasteiger partial charge in [0.25, 0.3) is 5.56 Å². The molecule has 1 atom stereocenters. The zero-order valence-electron chi connectivity index (χ0n) is 17.9. The van der Waals surface area contributed by atoms with E-state index >= 15 is 0 Å². The Morgan fingerprint density at radius 1 is 1.19 bits per heavy atom. The van der Waals surface area contributed by atoms with E-state index in [0.29, 0.717) is 34.9 Å². The smallest absolute Gasteiger partial charge is 0.272 e. The Morgan fingerprint density at radius 3 is 2.72 bits per heavy atom. The van der Waals surface area contributed by atoms with Crippen LogP contribution in [0, 0.1) is 6.92 Å². The number of benzene rings is 1. The Hall–Kier alpha value is -2.97. The van der Waals surface area contributed by atoms with E-state index in [1.54, 1.807) is 10.8 Å². The van der Waals surface area contributed by atoms with Crippen molar-refractivity contribution in [1.82, 2.24) is 19.9 Å². The van der Waals surface area contributed by atoms with E-state index in [2.05, 4.69) is 10.3 Å². The van der Waals surface area contributed by atoms with E-state index in [9.17, 15) is 9.59 Å². The Morgan fingerprint density at radius 2 is 2.00 bits per heavy atom. The number of pyridine rings is 1. The fraction of sp³-hybridized carbons (Fsp3) is 0.250. The Kier molecular flexibility index (Phi) is 7.02. The molecule has 1 aromatic carbocycles. The number of nitrogens with zero attached hydrogens (tertiary/aromatic N) is 3. The van der Waals surface area contributed by atoms with E-state index in [0.717, 1.165) is 11.3 Å².